The molecule has 5 saturated carbocycles. The van der Waals surface area contributed by atoms with Crippen molar-refractivity contribution in [3.63, 3.8) is 0 Å². The maximum atomic E-state index is 7.67. The summed E-state index contributed by atoms with van der Waals surface area (Å²) in [6.07, 6.45) is 7.55. The fourth-order valence-electron chi connectivity index (χ4n) is 6.11. The lowest BCUT2D eigenvalue weighted by Crippen LogP contribution is -1.99. The Morgan fingerprint density at radius 1 is 0.375 bits per heavy atom. The molecule has 0 radical (unpaired) electrons. The molecule has 5 aliphatic rings. The van der Waals surface area contributed by atoms with Gasteiger partial charge in [-0.05, 0) is 50.3 Å². The van der Waals surface area contributed by atoms with E-state index in [1.807, 2.05) is 76.2 Å². The predicted octanol–water partition coefficient (Wildman–Crippen LogP) is 18.9. The SMILES string of the molecule is Cc1ccccc1.[2H]C1(C)CCCCC1.[2H]C1([2H])CCCC(C)C1([2H])[2H].[2H]C1([2H])CCCC([2H])(C)C1([2H])[2H].[2H]C1([2H])CCCCC1([2H])C.[2H]C1([2H])CCCCC1C.[2H]c1ccc(C)cc1.[2H]c1cccc(C)c1. The van der Waals surface area contributed by atoms with Gasteiger partial charge in [0.25, 0.3) is 0 Å². The molecule has 4 atom stereocenters. The normalized spacial score (nSPS) is 36.0. The Bertz CT molecular complexity index is 1880. The van der Waals surface area contributed by atoms with E-state index in [9.17, 15) is 0 Å². The molecule has 0 heterocycles. The minimum absolute atomic E-state index is 0.0712. The second-order valence-electron chi connectivity index (χ2n) is 15.9. The van der Waals surface area contributed by atoms with Crippen molar-refractivity contribution in [1.29, 1.82) is 0 Å². The molecular formula is C56H94. The van der Waals surface area contributed by atoms with E-state index in [0.717, 1.165) is 63.4 Å². The molecule has 0 heteroatoms. The molecule has 3 aromatic carbocycles. The molecule has 5 aliphatic carbocycles. The predicted molar refractivity (Wildman–Crippen MR) is 255 cm³/mol. The monoisotopic (exact) mass is 784 g/mol. The first-order chi connectivity index (χ1) is 33.3. The number of aryl methyl sites for hydroxylation is 3. The first kappa shape index (κ1) is 29.8. The molecule has 0 aromatic heterocycles. The number of benzene rings is 3. The van der Waals surface area contributed by atoms with Gasteiger partial charge in [0, 0.05) is 20.6 Å². The second-order valence-corrected chi connectivity index (χ2v) is 15.9. The summed E-state index contributed by atoms with van der Waals surface area (Å²) in [7, 11) is 0. The van der Waals surface area contributed by atoms with E-state index in [-0.39, 0.29) is 24.2 Å². The van der Waals surface area contributed by atoms with Crippen molar-refractivity contribution in [1.82, 2.24) is 0 Å². The van der Waals surface area contributed by atoms with E-state index in [2.05, 4.69) is 19.1 Å². The topological polar surface area (TPSA) is 0 Å². The summed E-state index contributed by atoms with van der Waals surface area (Å²) in [5, 5.41) is 0. The zero-order chi connectivity index (χ0) is 56.2. The molecule has 3 aromatic rings. The van der Waals surface area contributed by atoms with Gasteiger partial charge in [-0.15, -0.1) is 0 Å². The second kappa shape index (κ2) is 37.0. The van der Waals surface area contributed by atoms with Gasteiger partial charge < -0.3 is 0 Å². The summed E-state index contributed by atoms with van der Waals surface area (Å²) in [6.45, 7) is 15.1. The Labute approximate surface area is 375 Å². The average molecular weight is 784 g/mol. The van der Waals surface area contributed by atoms with Crippen LogP contribution in [0.2, 0.25) is 0 Å². The zero-order valence-corrected chi connectivity index (χ0v) is 37.1. The Kier molecular flexibility index (Phi) is 19.7. The van der Waals surface area contributed by atoms with Crippen molar-refractivity contribution >= 4 is 0 Å². The molecule has 0 saturated heterocycles. The quantitative estimate of drug-likeness (QED) is 0.213. The molecule has 0 amide bonds. The van der Waals surface area contributed by atoms with Crippen LogP contribution < -0.4 is 0 Å². The molecule has 56 heavy (non-hydrogen) atoms. The lowest BCUT2D eigenvalue weighted by molar-refractivity contribution is 0.385. The van der Waals surface area contributed by atoms with Crippen LogP contribution in [0.25, 0.3) is 0 Å². The average Bonchev–Trinajstić information content (AvgIpc) is 3.27. The first-order valence-corrected chi connectivity index (χ1v) is 21.9. The summed E-state index contributed by atoms with van der Waals surface area (Å²) in [6, 6.07) is 26.3. The molecule has 0 nitrogen and oxygen atoms in total. The molecule has 5 fully saturated rings. The van der Waals surface area contributed by atoms with E-state index in [1.54, 1.807) is 32.0 Å². The smallest absolute Gasteiger partial charge is 0.0623 e. The van der Waals surface area contributed by atoms with Crippen LogP contribution in [0.4, 0.5) is 0 Å². The lowest BCUT2D eigenvalue weighted by Gasteiger charge is -2.15. The highest BCUT2D eigenvalue weighted by Gasteiger charge is 2.08. The Morgan fingerprint density at radius 2 is 0.786 bits per heavy atom. The van der Waals surface area contributed by atoms with Crippen molar-refractivity contribution in [2.24, 2.45) is 29.5 Å². The standard InChI is InChI=1S/5C7H14.3C7H8/c8*1-7-5-3-2-4-6-7/h5*7H,2-6H2,1H3;3*2-6H,1H3/i3D2,5D2,7D;5D2,7D;3D2,5D2;7D;5D2;3D;2D;. The van der Waals surface area contributed by atoms with Crippen LogP contribution in [-0.2, 0) is 0 Å². The maximum absolute atomic E-state index is 7.67. The largest absolute Gasteiger partial charge is 0.0625 e. The van der Waals surface area contributed by atoms with Gasteiger partial charge in [-0.2, -0.15) is 0 Å². The molecule has 0 aliphatic heterocycles. The number of hydrogen-bond acceptors (Lipinski definition) is 0. The third-order valence-electron chi connectivity index (χ3n) is 9.80. The summed E-state index contributed by atoms with van der Waals surface area (Å²) in [5.41, 5.74) is 3.68. The highest BCUT2D eigenvalue weighted by Crippen LogP contribution is 2.24. The van der Waals surface area contributed by atoms with Crippen LogP contribution in [0.3, 0.4) is 0 Å². The van der Waals surface area contributed by atoms with Crippen LogP contribution in [0.1, 0.15) is 235 Å². The van der Waals surface area contributed by atoms with Crippen LogP contribution in [0.15, 0.2) is 90.9 Å². The van der Waals surface area contributed by atoms with Crippen LogP contribution in [0.5, 0.6) is 0 Å². The van der Waals surface area contributed by atoms with Crippen molar-refractivity contribution in [2.45, 2.75) is 216 Å². The summed E-state index contributed by atoms with van der Waals surface area (Å²) in [5.74, 6) is -2.06. The zero-order valence-electron chi connectivity index (χ0n) is 54.1. The van der Waals surface area contributed by atoms with Gasteiger partial charge >= 0.3 is 0 Å². The van der Waals surface area contributed by atoms with E-state index >= 15 is 0 Å². The van der Waals surface area contributed by atoms with Crippen molar-refractivity contribution in [2.75, 3.05) is 0 Å². The van der Waals surface area contributed by atoms with Crippen LogP contribution in [0, 0.1) is 50.3 Å². The van der Waals surface area contributed by atoms with Gasteiger partial charge in [0.15, 0.2) is 0 Å². The first-order valence-electron chi connectivity index (χ1n) is 30.4. The van der Waals surface area contributed by atoms with Crippen molar-refractivity contribution in [3.05, 3.63) is 108 Å². The Hall–Kier alpha value is -2.34. The van der Waals surface area contributed by atoms with Crippen molar-refractivity contribution < 1.29 is 23.3 Å². The summed E-state index contributed by atoms with van der Waals surface area (Å²) in [4.78, 5) is 0. The molecule has 8 rings (SSSR count). The van der Waals surface area contributed by atoms with Gasteiger partial charge in [-0.3, -0.25) is 0 Å². The van der Waals surface area contributed by atoms with Gasteiger partial charge in [-0.25, -0.2) is 0 Å². The van der Waals surface area contributed by atoms with Gasteiger partial charge in [0.05, 0.1) is 2.74 Å². The fourth-order valence-corrected chi connectivity index (χ4v) is 6.11. The van der Waals surface area contributed by atoms with Gasteiger partial charge in [0.2, 0.25) is 0 Å². The highest BCUT2D eigenvalue weighted by molar-refractivity contribution is 5.13. The number of rotatable bonds is 0. The molecule has 0 N–H and O–H groups in total. The third kappa shape index (κ3) is 34.9. The lowest BCUT2D eigenvalue weighted by atomic mass is 9.91. The summed E-state index contributed by atoms with van der Waals surface area (Å²) >= 11 is 0. The molecule has 318 valence electrons. The van der Waals surface area contributed by atoms with E-state index in [0.29, 0.717) is 44.2 Å². The third-order valence-corrected chi connectivity index (χ3v) is 9.80. The molecular weight excluding hydrogens is 673 g/mol. The van der Waals surface area contributed by atoms with Gasteiger partial charge in [0.1, 0.15) is 0 Å². The minimum atomic E-state index is -2.03. The molecule has 0 spiro atoms. The summed E-state index contributed by atoms with van der Waals surface area (Å²) < 4.78 is 127. The van der Waals surface area contributed by atoms with E-state index < -0.39 is 50.0 Å². The van der Waals surface area contributed by atoms with Crippen LogP contribution >= 0.6 is 0 Å². The van der Waals surface area contributed by atoms with Crippen LogP contribution in [-0.4, -0.2) is 0 Å². The maximum Gasteiger partial charge on any atom is 0.0623 e. The number of hydrogen-bond donors (Lipinski definition) is 0. The molecule has 4 unspecified atom stereocenters. The van der Waals surface area contributed by atoms with E-state index in [1.165, 1.54) is 43.7 Å². The highest BCUT2D eigenvalue weighted by atomic mass is 14.1. The Balaban J connectivity index is 0.000000419. The fraction of sp³-hybridized carbons (Fsp3) is 0.679. The molecule has 0 bridgehead atoms. The van der Waals surface area contributed by atoms with Crippen molar-refractivity contribution in [3.8, 4) is 0 Å². The van der Waals surface area contributed by atoms with Gasteiger partial charge in [-0.1, -0.05) is 302 Å². The minimum Gasteiger partial charge on any atom is -0.0625 e. The Morgan fingerprint density at radius 3 is 1.18 bits per heavy atom. The van der Waals surface area contributed by atoms with E-state index in [4.69, 9.17) is 23.3 Å².